The SMILES string of the molecule is CC(C)(C)OC(=O)N1CCCC(=O)C1.C[C@@H]1CC(=O)CCN1C(=O)OC(C)(C)C.C[C@H]1CN(C(=O)OC(C)(C)C)CCC1=O.O=C1CCN(C(=O)OCc2ccccc2)C1. The molecule has 0 radical (unpaired) electrons. The van der Waals surface area contributed by atoms with Crippen molar-refractivity contribution in [3.8, 4) is 0 Å². The molecule has 0 N–H and O–H groups in total. The number of hydrogen-bond donors (Lipinski definition) is 0. The van der Waals surface area contributed by atoms with E-state index in [1.54, 1.807) is 9.80 Å². The van der Waals surface area contributed by atoms with Crippen molar-refractivity contribution in [2.24, 2.45) is 5.92 Å². The van der Waals surface area contributed by atoms with Gasteiger partial charge in [0.25, 0.3) is 0 Å². The highest BCUT2D eigenvalue weighted by Crippen LogP contribution is 2.19. The highest BCUT2D eigenvalue weighted by Gasteiger charge is 2.32. The summed E-state index contributed by atoms with van der Waals surface area (Å²) >= 11 is 0. The van der Waals surface area contributed by atoms with Gasteiger partial charge in [0.15, 0.2) is 11.6 Å². The van der Waals surface area contributed by atoms with Crippen LogP contribution in [0.15, 0.2) is 30.3 Å². The Morgan fingerprint density at radius 3 is 1.57 bits per heavy atom. The van der Waals surface area contributed by atoms with Crippen LogP contribution >= 0.6 is 0 Å². The van der Waals surface area contributed by atoms with E-state index in [0.717, 1.165) is 12.0 Å². The van der Waals surface area contributed by atoms with Crippen LogP contribution in [0.5, 0.6) is 0 Å². The zero-order chi connectivity index (χ0) is 45.4. The highest BCUT2D eigenvalue weighted by molar-refractivity contribution is 5.87. The maximum atomic E-state index is 11.7. The first kappa shape index (κ1) is 51.1. The summed E-state index contributed by atoms with van der Waals surface area (Å²) in [5.41, 5.74) is -0.487. The van der Waals surface area contributed by atoms with Crippen molar-refractivity contribution in [3.05, 3.63) is 35.9 Å². The smallest absolute Gasteiger partial charge is 0.410 e. The lowest BCUT2D eigenvalue weighted by Crippen LogP contribution is -2.46. The van der Waals surface area contributed by atoms with Gasteiger partial charge in [0, 0.05) is 76.8 Å². The molecule has 4 fully saturated rings. The van der Waals surface area contributed by atoms with Gasteiger partial charge in [-0.1, -0.05) is 37.3 Å². The summed E-state index contributed by atoms with van der Waals surface area (Å²) in [7, 11) is 0. The summed E-state index contributed by atoms with van der Waals surface area (Å²) < 4.78 is 20.8. The van der Waals surface area contributed by atoms with Crippen LogP contribution in [0.4, 0.5) is 19.2 Å². The number of carbonyl (C=O) groups is 8. The maximum Gasteiger partial charge on any atom is 0.410 e. The number of carbonyl (C=O) groups excluding carboxylic acids is 8. The molecule has 60 heavy (non-hydrogen) atoms. The minimum absolute atomic E-state index is 0.0406. The van der Waals surface area contributed by atoms with E-state index in [2.05, 4.69) is 0 Å². The third-order valence-corrected chi connectivity index (χ3v) is 9.03. The molecule has 2 atom stereocenters. The first-order chi connectivity index (χ1) is 27.7. The van der Waals surface area contributed by atoms with Crippen LogP contribution in [-0.2, 0) is 44.7 Å². The van der Waals surface area contributed by atoms with E-state index in [-0.39, 0.29) is 73.1 Å². The second-order valence-electron chi connectivity index (χ2n) is 18.4. The maximum absolute atomic E-state index is 11.7. The molecule has 1 aromatic rings. The lowest BCUT2D eigenvalue weighted by molar-refractivity contribution is -0.125. The van der Waals surface area contributed by atoms with E-state index in [1.165, 1.54) is 9.80 Å². The van der Waals surface area contributed by atoms with Crippen molar-refractivity contribution in [1.82, 2.24) is 19.6 Å². The quantitative estimate of drug-likeness (QED) is 0.278. The molecule has 0 spiro atoms. The van der Waals surface area contributed by atoms with Crippen LogP contribution in [0.25, 0.3) is 0 Å². The zero-order valence-corrected chi connectivity index (χ0v) is 37.6. The monoisotopic (exact) mass is 844 g/mol. The zero-order valence-electron chi connectivity index (χ0n) is 37.6. The topological polar surface area (TPSA) is 186 Å². The normalized spacial score (nSPS) is 19.7. The summed E-state index contributed by atoms with van der Waals surface area (Å²) in [5, 5.41) is 0. The predicted molar refractivity (Wildman–Crippen MR) is 223 cm³/mol. The van der Waals surface area contributed by atoms with Crippen molar-refractivity contribution in [1.29, 1.82) is 0 Å². The van der Waals surface area contributed by atoms with E-state index < -0.39 is 22.9 Å². The molecule has 0 aliphatic carbocycles. The van der Waals surface area contributed by atoms with Crippen LogP contribution in [0.1, 0.15) is 120 Å². The number of amides is 4. The number of benzene rings is 1. The van der Waals surface area contributed by atoms with Crippen LogP contribution in [-0.4, -0.2) is 136 Å². The number of hydrogen-bond acceptors (Lipinski definition) is 12. The Balaban J connectivity index is 0.000000276. The number of piperidine rings is 3. The Morgan fingerprint density at radius 1 is 0.583 bits per heavy atom. The number of ether oxygens (including phenoxy) is 4. The van der Waals surface area contributed by atoms with Crippen LogP contribution in [0, 0.1) is 5.92 Å². The van der Waals surface area contributed by atoms with E-state index in [4.69, 9.17) is 18.9 Å². The highest BCUT2D eigenvalue weighted by atomic mass is 16.6. The Bertz CT molecular complexity index is 1640. The van der Waals surface area contributed by atoms with E-state index in [0.29, 0.717) is 64.8 Å². The van der Waals surface area contributed by atoms with Gasteiger partial charge in [-0.3, -0.25) is 19.2 Å². The first-order valence-electron chi connectivity index (χ1n) is 20.7. The average Bonchev–Trinajstić information content (AvgIpc) is 3.57. The molecule has 4 saturated heterocycles. The summed E-state index contributed by atoms with van der Waals surface area (Å²) in [6.07, 6.45) is 1.69. The second kappa shape index (κ2) is 23.1. The molecule has 0 unspecified atom stereocenters. The van der Waals surface area contributed by atoms with Gasteiger partial charge >= 0.3 is 24.4 Å². The van der Waals surface area contributed by atoms with E-state index in [1.807, 2.05) is 106 Å². The molecule has 4 heterocycles. The molecule has 0 bridgehead atoms. The van der Waals surface area contributed by atoms with Crippen molar-refractivity contribution in [2.75, 3.05) is 45.8 Å². The fraction of sp³-hybridized carbons (Fsp3) is 0.682. The molecule has 0 aromatic heterocycles. The summed E-state index contributed by atoms with van der Waals surface area (Å²) in [6, 6.07) is 9.43. The molecule has 0 saturated carbocycles. The van der Waals surface area contributed by atoms with Crippen molar-refractivity contribution >= 4 is 47.5 Å². The molecule has 16 heteroatoms. The largest absolute Gasteiger partial charge is 0.445 e. The molecule has 4 aliphatic rings. The second-order valence-corrected chi connectivity index (χ2v) is 18.4. The van der Waals surface area contributed by atoms with Crippen LogP contribution in [0.2, 0.25) is 0 Å². The van der Waals surface area contributed by atoms with Crippen molar-refractivity contribution < 1.29 is 57.3 Å². The molecule has 4 aliphatic heterocycles. The van der Waals surface area contributed by atoms with Gasteiger partial charge in [-0.15, -0.1) is 0 Å². The van der Waals surface area contributed by atoms with Gasteiger partial charge in [-0.05, 0) is 81.2 Å². The third-order valence-electron chi connectivity index (χ3n) is 9.03. The number of ketones is 4. The number of nitrogens with zero attached hydrogens (tertiary/aromatic N) is 4. The summed E-state index contributed by atoms with van der Waals surface area (Å²) in [6.45, 7) is 23.4. The van der Waals surface area contributed by atoms with Crippen LogP contribution in [0.3, 0.4) is 0 Å². The molecular weight excluding hydrogens is 776 g/mol. The molecule has 16 nitrogen and oxygen atoms in total. The predicted octanol–water partition coefficient (Wildman–Crippen LogP) is 6.99. The fourth-order valence-electron chi connectivity index (χ4n) is 6.02. The van der Waals surface area contributed by atoms with Gasteiger partial charge < -0.3 is 38.5 Å². The summed E-state index contributed by atoms with van der Waals surface area (Å²) in [4.78, 5) is 97.0. The van der Waals surface area contributed by atoms with Crippen molar-refractivity contribution in [2.45, 2.75) is 144 Å². The average molecular weight is 845 g/mol. The van der Waals surface area contributed by atoms with Crippen LogP contribution < -0.4 is 0 Å². The Kier molecular flexibility index (Phi) is 19.7. The van der Waals surface area contributed by atoms with Gasteiger partial charge in [0.05, 0.1) is 13.1 Å². The molecule has 4 amide bonds. The minimum Gasteiger partial charge on any atom is -0.445 e. The number of likely N-dealkylation sites (tertiary alicyclic amines) is 4. The Labute approximate surface area is 355 Å². The molecule has 336 valence electrons. The first-order valence-corrected chi connectivity index (χ1v) is 20.7. The van der Waals surface area contributed by atoms with E-state index >= 15 is 0 Å². The fourth-order valence-corrected chi connectivity index (χ4v) is 6.02. The number of Topliss-reactive ketones (excluding diaryl/α,β-unsaturated/α-hetero) is 4. The Morgan fingerprint density at radius 2 is 1.07 bits per heavy atom. The standard InChI is InChI=1S/C12H13NO3.2C11H19NO3.C10H17NO3/c14-11-6-7-13(8-11)12(15)16-9-10-4-2-1-3-5-10;1-8-7-12(6-5-9(8)13)10(14)15-11(2,3)4;1-8-7-9(13)5-6-12(8)10(14)15-11(2,3)4;1-10(2,3)14-9(13)11-6-4-5-8(12)7-11/h1-5H,6-9H2;2*8H,5-7H2,1-4H3;4-7H2,1-3H3/t;2*8-;/m.01./s1. The third kappa shape index (κ3) is 20.3. The lowest BCUT2D eigenvalue weighted by Gasteiger charge is -2.34. The van der Waals surface area contributed by atoms with Gasteiger partial charge in [0.2, 0.25) is 0 Å². The molecule has 1 aromatic carbocycles. The lowest BCUT2D eigenvalue weighted by atomic mass is 9.99. The number of rotatable bonds is 2. The van der Waals surface area contributed by atoms with Gasteiger partial charge in [-0.2, -0.15) is 0 Å². The van der Waals surface area contributed by atoms with E-state index in [9.17, 15) is 38.4 Å². The minimum atomic E-state index is -0.489. The molecule has 5 rings (SSSR count). The van der Waals surface area contributed by atoms with Crippen molar-refractivity contribution in [3.63, 3.8) is 0 Å². The van der Waals surface area contributed by atoms with Gasteiger partial charge in [0.1, 0.15) is 35.0 Å². The summed E-state index contributed by atoms with van der Waals surface area (Å²) in [5.74, 6) is 0.599. The Hall–Kier alpha value is -5.02. The van der Waals surface area contributed by atoms with Gasteiger partial charge in [-0.25, -0.2) is 19.2 Å². The molecular formula is C44H68N4O12.